The van der Waals surface area contributed by atoms with Crippen molar-refractivity contribution in [2.24, 2.45) is 0 Å². The minimum Gasteiger partial charge on any atom is -0.487 e. The second-order valence-corrected chi connectivity index (χ2v) is 11.0. The van der Waals surface area contributed by atoms with E-state index in [0.29, 0.717) is 25.8 Å². The Morgan fingerprint density at radius 2 is 1.93 bits per heavy atom. The molecule has 2 heterocycles. The van der Waals surface area contributed by atoms with Gasteiger partial charge in [-0.05, 0) is 39.2 Å². The third-order valence-electron chi connectivity index (χ3n) is 7.95. The summed E-state index contributed by atoms with van der Waals surface area (Å²) in [6, 6.07) is 2.79. The molecule has 9 nitrogen and oxygen atoms in total. The number of unbranched alkanes of at least 4 members (excludes halogenated alkanes) is 1. The largest absolute Gasteiger partial charge is 0.487 e. The number of pyridine rings is 1. The van der Waals surface area contributed by atoms with Crippen LogP contribution in [0.15, 0.2) is 29.2 Å². The molecular formula is C29H36F2N4O5. The maximum absolute atomic E-state index is 14.2. The number of amides is 3. The van der Waals surface area contributed by atoms with E-state index in [1.54, 1.807) is 21.4 Å². The summed E-state index contributed by atoms with van der Waals surface area (Å²) in [5.41, 5.74) is -1.49. The number of rotatable bonds is 9. The van der Waals surface area contributed by atoms with Gasteiger partial charge in [-0.1, -0.05) is 19.4 Å². The minimum absolute atomic E-state index is 0.0561. The lowest BCUT2D eigenvalue weighted by Gasteiger charge is -2.57. The van der Waals surface area contributed by atoms with Crippen molar-refractivity contribution in [2.75, 3.05) is 20.2 Å². The Bertz CT molecular complexity index is 1380. The molecular weight excluding hydrogens is 522 g/mol. The quantitative estimate of drug-likeness (QED) is 0.476. The van der Waals surface area contributed by atoms with Gasteiger partial charge in [-0.3, -0.25) is 19.2 Å². The first-order valence-corrected chi connectivity index (χ1v) is 13.6. The number of nitrogens with zero attached hydrogens (tertiary/aromatic N) is 3. The third-order valence-corrected chi connectivity index (χ3v) is 7.95. The molecule has 1 fully saturated rings. The zero-order valence-corrected chi connectivity index (χ0v) is 23.6. The number of ether oxygens (including phenoxy) is 1. The van der Waals surface area contributed by atoms with E-state index in [1.807, 2.05) is 20.8 Å². The van der Waals surface area contributed by atoms with E-state index in [1.165, 1.54) is 19.2 Å². The predicted octanol–water partition coefficient (Wildman–Crippen LogP) is 3.44. The summed E-state index contributed by atoms with van der Waals surface area (Å²) >= 11 is 0. The van der Waals surface area contributed by atoms with Crippen LogP contribution >= 0.6 is 0 Å². The molecule has 0 radical (unpaired) electrons. The number of aromatic nitrogens is 1. The molecule has 3 amide bonds. The van der Waals surface area contributed by atoms with E-state index < -0.39 is 28.5 Å². The van der Waals surface area contributed by atoms with Crippen LogP contribution < -0.4 is 15.5 Å². The highest BCUT2D eigenvalue weighted by atomic mass is 19.1. The molecule has 1 aromatic heterocycles. The van der Waals surface area contributed by atoms with Crippen molar-refractivity contribution in [2.45, 2.75) is 77.5 Å². The van der Waals surface area contributed by atoms with E-state index in [-0.39, 0.29) is 59.6 Å². The molecule has 1 aromatic carbocycles. The number of hydrogen-bond acceptors (Lipinski definition) is 5. The molecule has 1 N–H and O–H groups in total. The number of nitrogens with one attached hydrogen (secondary N) is 1. The number of carbonyl (C=O) groups is 3. The Morgan fingerprint density at radius 1 is 1.23 bits per heavy atom. The molecule has 216 valence electrons. The first kappa shape index (κ1) is 29.2. The molecule has 11 heteroatoms. The Kier molecular flexibility index (Phi) is 8.32. The normalized spacial score (nSPS) is 19.9. The van der Waals surface area contributed by atoms with Gasteiger partial charge in [0.2, 0.25) is 11.3 Å². The Labute approximate surface area is 232 Å². The lowest BCUT2D eigenvalue weighted by Crippen LogP contribution is -2.65. The van der Waals surface area contributed by atoms with Crippen molar-refractivity contribution in [3.8, 4) is 5.75 Å². The van der Waals surface area contributed by atoms with Crippen molar-refractivity contribution in [1.82, 2.24) is 19.7 Å². The SMILES string of the molecule is CCCCOc1c2n(cc(C(=O)NCc3ccc(F)cc3F)c1=O)C1(CC(N(C)C(C)=O)C1)CN(C(C)C)C2=O. The standard InChI is InChI=1S/C29H36F2N4O5/c1-6-7-10-40-26-24-28(39)34(17(2)3)16-29(12-21(13-29)33(5)18(4)36)35(24)15-22(25(26)37)27(38)32-14-19-8-9-20(30)11-23(19)31/h8-9,11,15,17,21H,6-7,10,12-14,16H2,1-5H3,(H,32,38). The molecule has 0 saturated heterocycles. The molecule has 4 rings (SSSR count). The third kappa shape index (κ3) is 5.33. The van der Waals surface area contributed by atoms with Crippen LogP contribution in [0.25, 0.3) is 0 Å². The van der Waals surface area contributed by atoms with E-state index in [2.05, 4.69) is 5.32 Å². The maximum Gasteiger partial charge on any atom is 0.274 e. The van der Waals surface area contributed by atoms with E-state index >= 15 is 0 Å². The van der Waals surface area contributed by atoms with Crippen molar-refractivity contribution in [1.29, 1.82) is 0 Å². The molecule has 40 heavy (non-hydrogen) atoms. The lowest BCUT2D eigenvalue weighted by atomic mass is 9.69. The van der Waals surface area contributed by atoms with E-state index in [4.69, 9.17) is 4.74 Å². The summed E-state index contributed by atoms with van der Waals surface area (Å²) in [5.74, 6) is -2.96. The second kappa shape index (κ2) is 11.4. The molecule has 1 aliphatic heterocycles. The number of benzene rings is 1. The molecule has 2 aliphatic rings. The molecule has 1 aliphatic carbocycles. The van der Waals surface area contributed by atoms with Crippen LogP contribution in [-0.4, -0.2) is 64.4 Å². The monoisotopic (exact) mass is 558 g/mol. The lowest BCUT2D eigenvalue weighted by molar-refractivity contribution is -0.134. The first-order chi connectivity index (χ1) is 18.9. The highest BCUT2D eigenvalue weighted by Crippen LogP contribution is 2.47. The minimum atomic E-state index is -0.820. The highest BCUT2D eigenvalue weighted by Gasteiger charge is 2.54. The van der Waals surface area contributed by atoms with Gasteiger partial charge < -0.3 is 24.4 Å². The molecule has 1 saturated carbocycles. The van der Waals surface area contributed by atoms with E-state index in [0.717, 1.165) is 18.6 Å². The topological polar surface area (TPSA) is 101 Å². The second-order valence-electron chi connectivity index (χ2n) is 11.0. The van der Waals surface area contributed by atoms with Gasteiger partial charge in [-0.2, -0.15) is 0 Å². The number of hydrogen-bond donors (Lipinski definition) is 1. The summed E-state index contributed by atoms with van der Waals surface area (Å²) in [6.45, 7) is 7.50. The average molecular weight is 559 g/mol. The van der Waals surface area contributed by atoms with Crippen molar-refractivity contribution in [3.05, 3.63) is 63.1 Å². The molecule has 0 bridgehead atoms. The summed E-state index contributed by atoms with van der Waals surface area (Å²) in [4.78, 5) is 56.1. The smallest absolute Gasteiger partial charge is 0.274 e. The first-order valence-electron chi connectivity index (χ1n) is 13.6. The molecule has 0 unspecified atom stereocenters. The van der Waals surface area contributed by atoms with E-state index in [9.17, 15) is 28.0 Å². The molecule has 0 atom stereocenters. The average Bonchev–Trinajstić information content (AvgIpc) is 2.87. The fourth-order valence-corrected chi connectivity index (χ4v) is 5.41. The van der Waals surface area contributed by atoms with Gasteiger partial charge in [0.05, 0.1) is 12.1 Å². The van der Waals surface area contributed by atoms with Crippen LogP contribution in [-0.2, 0) is 16.9 Å². The number of carbonyl (C=O) groups excluding carboxylic acids is 3. The summed E-state index contributed by atoms with van der Waals surface area (Å²) in [5, 5.41) is 2.54. The van der Waals surface area contributed by atoms with Gasteiger partial charge in [-0.25, -0.2) is 8.78 Å². The predicted molar refractivity (Wildman–Crippen MR) is 144 cm³/mol. The summed E-state index contributed by atoms with van der Waals surface area (Å²) in [7, 11) is 1.73. The number of fused-ring (bicyclic) bond motifs is 2. The maximum atomic E-state index is 14.2. The zero-order valence-electron chi connectivity index (χ0n) is 23.6. The van der Waals surface area contributed by atoms with Gasteiger partial charge >= 0.3 is 0 Å². The Morgan fingerprint density at radius 3 is 2.52 bits per heavy atom. The van der Waals surface area contributed by atoms with Gasteiger partial charge in [0.15, 0.2) is 11.4 Å². The van der Waals surface area contributed by atoms with Crippen LogP contribution in [0, 0.1) is 11.6 Å². The van der Waals surface area contributed by atoms with Crippen molar-refractivity contribution in [3.63, 3.8) is 0 Å². The van der Waals surface area contributed by atoms with Crippen LogP contribution in [0.1, 0.15) is 79.8 Å². The fraction of sp³-hybridized carbons (Fsp3) is 0.517. The van der Waals surface area contributed by atoms with Crippen LogP contribution in [0.3, 0.4) is 0 Å². The van der Waals surface area contributed by atoms with Gasteiger partial charge in [-0.15, -0.1) is 0 Å². The summed E-state index contributed by atoms with van der Waals surface area (Å²) < 4.78 is 35.1. The van der Waals surface area contributed by atoms with Gasteiger partial charge in [0.25, 0.3) is 11.8 Å². The van der Waals surface area contributed by atoms with Gasteiger partial charge in [0.1, 0.15) is 17.2 Å². The van der Waals surface area contributed by atoms with Crippen LogP contribution in [0.2, 0.25) is 0 Å². The fourth-order valence-electron chi connectivity index (χ4n) is 5.41. The molecule has 2 aromatic rings. The zero-order chi connectivity index (χ0) is 29.4. The Balaban J connectivity index is 1.79. The van der Waals surface area contributed by atoms with Crippen molar-refractivity contribution < 1.29 is 27.9 Å². The van der Waals surface area contributed by atoms with Crippen LogP contribution in [0.4, 0.5) is 8.78 Å². The Hall–Kier alpha value is -3.76. The summed E-state index contributed by atoms with van der Waals surface area (Å²) in [6.07, 6.45) is 3.86. The van der Waals surface area contributed by atoms with Gasteiger partial charge in [0, 0.05) is 57.0 Å². The number of halogens is 2. The molecule has 1 spiro atoms. The van der Waals surface area contributed by atoms with Crippen LogP contribution in [0.5, 0.6) is 5.75 Å². The van der Waals surface area contributed by atoms with Crippen molar-refractivity contribution >= 4 is 17.7 Å². The highest BCUT2D eigenvalue weighted by molar-refractivity contribution is 5.99.